The van der Waals surface area contributed by atoms with E-state index in [9.17, 15) is 40.7 Å². The number of morpholine rings is 1. The Labute approximate surface area is 209 Å². The molecule has 3 aromatic rings. The molecule has 1 saturated heterocycles. The molecular weight excluding hydrogens is 526 g/mol. The lowest BCUT2D eigenvalue weighted by atomic mass is 9.99. The first-order valence-electron chi connectivity index (χ1n) is 10.9. The van der Waals surface area contributed by atoms with Crippen molar-refractivity contribution in [3.05, 3.63) is 64.1 Å². The molecule has 2 atom stereocenters. The summed E-state index contributed by atoms with van der Waals surface area (Å²) in [5.74, 6) is -3.41. The Morgan fingerprint density at radius 1 is 1.05 bits per heavy atom. The Bertz CT molecular complexity index is 1360. The summed E-state index contributed by atoms with van der Waals surface area (Å²) in [7, 11) is 0. The van der Waals surface area contributed by atoms with Gasteiger partial charge in [0.05, 0.1) is 23.7 Å². The van der Waals surface area contributed by atoms with Crippen LogP contribution in [0.1, 0.15) is 18.1 Å². The summed E-state index contributed by atoms with van der Waals surface area (Å²) in [6.07, 6.45) is -11.6. The van der Waals surface area contributed by atoms with E-state index in [0.29, 0.717) is 23.4 Å². The third-order valence-corrected chi connectivity index (χ3v) is 5.74. The summed E-state index contributed by atoms with van der Waals surface area (Å²) in [5, 5.41) is 6.08. The van der Waals surface area contributed by atoms with Crippen molar-refractivity contribution in [2.45, 2.75) is 25.4 Å². The van der Waals surface area contributed by atoms with E-state index < -0.39 is 58.8 Å². The maximum atomic E-state index is 13.3. The van der Waals surface area contributed by atoms with E-state index in [4.69, 9.17) is 4.74 Å². The molecule has 0 aliphatic carbocycles. The molecule has 38 heavy (non-hydrogen) atoms. The van der Waals surface area contributed by atoms with Gasteiger partial charge in [0.2, 0.25) is 5.91 Å². The quantitative estimate of drug-likeness (QED) is 0.468. The number of carbonyl (C=O) groups is 2. The second-order valence-electron chi connectivity index (χ2n) is 8.34. The van der Waals surface area contributed by atoms with Crippen LogP contribution in [0.5, 0.6) is 0 Å². The SMILES string of the molecule is CC(C(=O)Nc1ccc(-c2noc(=O)[nH]2)cc1)C1OCCN(c2cc(C(F)(F)F)cc(C(F)(F)F)c2)C1=O. The van der Waals surface area contributed by atoms with Crippen molar-refractivity contribution in [1.82, 2.24) is 10.1 Å². The normalized spacial score (nSPS) is 17.4. The Balaban J connectivity index is 1.52. The molecule has 2 amide bonds. The summed E-state index contributed by atoms with van der Waals surface area (Å²) in [6, 6.07) is 6.85. The van der Waals surface area contributed by atoms with Crippen LogP contribution in [0.4, 0.5) is 37.7 Å². The van der Waals surface area contributed by atoms with E-state index in [2.05, 4.69) is 20.0 Å². The molecule has 2 heterocycles. The minimum absolute atomic E-state index is 0.0342. The number of hydrogen-bond acceptors (Lipinski definition) is 6. The highest BCUT2D eigenvalue weighted by Crippen LogP contribution is 2.39. The Kier molecular flexibility index (Phi) is 7.06. The largest absolute Gasteiger partial charge is 0.439 e. The highest BCUT2D eigenvalue weighted by molar-refractivity contribution is 6.02. The Morgan fingerprint density at radius 3 is 2.18 bits per heavy atom. The van der Waals surface area contributed by atoms with Crippen LogP contribution in [0.15, 0.2) is 51.8 Å². The fraction of sp³-hybridized carbons (Fsp3) is 0.304. The van der Waals surface area contributed by atoms with Gasteiger partial charge in [-0.3, -0.25) is 19.1 Å². The minimum Gasteiger partial charge on any atom is -0.366 e. The van der Waals surface area contributed by atoms with Gasteiger partial charge in [-0.2, -0.15) is 26.3 Å². The fourth-order valence-electron chi connectivity index (χ4n) is 3.77. The number of benzene rings is 2. The highest BCUT2D eigenvalue weighted by atomic mass is 19.4. The molecule has 1 aliphatic heterocycles. The molecule has 2 N–H and O–H groups in total. The number of hydrogen-bond donors (Lipinski definition) is 2. The van der Waals surface area contributed by atoms with Crippen LogP contribution in [0.3, 0.4) is 0 Å². The van der Waals surface area contributed by atoms with Crippen molar-refractivity contribution < 1.29 is 45.2 Å². The van der Waals surface area contributed by atoms with Crippen LogP contribution in [-0.2, 0) is 26.7 Å². The van der Waals surface area contributed by atoms with E-state index >= 15 is 0 Å². The topological polar surface area (TPSA) is 118 Å². The molecule has 1 aliphatic rings. The van der Waals surface area contributed by atoms with Gasteiger partial charge in [0.25, 0.3) is 5.91 Å². The second-order valence-corrected chi connectivity index (χ2v) is 8.34. The van der Waals surface area contributed by atoms with Crippen molar-refractivity contribution in [2.75, 3.05) is 23.4 Å². The molecule has 15 heteroatoms. The smallest absolute Gasteiger partial charge is 0.366 e. The monoisotopic (exact) mass is 544 g/mol. The molecule has 4 rings (SSSR count). The number of carbonyl (C=O) groups excluding carboxylic acids is 2. The van der Waals surface area contributed by atoms with Crippen molar-refractivity contribution >= 4 is 23.2 Å². The van der Waals surface area contributed by atoms with Gasteiger partial charge in [0.15, 0.2) is 5.82 Å². The van der Waals surface area contributed by atoms with Crippen LogP contribution in [0.25, 0.3) is 11.4 Å². The average Bonchev–Trinajstić information content (AvgIpc) is 3.29. The van der Waals surface area contributed by atoms with Crippen molar-refractivity contribution in [1.29, 1.82) is 0 Å². The lowest BCUT2D eigenvalue weighted by Gasteiger charge is -2.35. The van der Waals surface area contributed by atoms with E-state index in [-0.39, 0.29) is 25.0 Å². The van der Waals surface area contributed by atoms with Gasteiger partial charge in [0, 0.05) is 23.5 Å². The number of aromatic nitrogens is 2. The molecule has 9 nitrogen and oxygen atoms in total. The lowest BCUT2D eigenvalue weighted by molar-refractivity contribution is -0.144. The number of ether oxygens (including phenoxy) is 1. The highest BCUT2D eigenvalue weighted by Gasteiger charge is 2.41. The predicted octanol–water partition coefficient (Wildman–Crippen LogP) is 4.07. The number of H-pyrrole nitrogens is 1. The summed E-state index contributed by atoms with van der Waals surface area (Å²) < 4.78 is 89.4. The van der Waals surface area contributed by atoms with Crippen LogP contribution >= 0.6 is 0 Å². The van der Waals surface area contributed by atoms with Gasteiger partial charge >= 0.3 is 18.1 Å². The van der Waals surface area contributed by atoms with Gasteiger partial charge in [-0.05, 0) is 42.5 Å². The number of nitrogens with zero attached hydrogens (tertiary/aromatic N) is 2. The van der Waals surface area contributed by atoms with Crippen molar-refractivity contribution in [3.8, 4) is 11.4 Å². The predicted molar refractivity (Wildman–Crippen MR) is 119 cm³/mol. The van der Waals surface area contributed by atoms with Crippen LogP contribution in [-0.4, -0.2) is 41.2 Å². The molecule has 0 bridgehead atoms. The molecule has 1 aromatic heterocycles. The van der Waals surface area contributed by atoms with Gasteiger partial charge in [-0.25, -0.2) is 4.79 Å². The molecule has 0 saturated carbocycles. The van der Waals surface area contributed by atoms with Crippen LogP contribution in [0.2, 0.25) is 0 Å². The first-order valence-corrected chi connectivity index (χ1v) is 10.9. The number of alkyl halides is 6. The first-order chi connectivity index (χ1) is 17.7. The van der Waals surface area contributed by atoms with Gasteiger partial charge in [-0.1, -0.05) is 12.1 Å². The molecule has 202 valence electrons. The number of halogens is 6. The van der Waals surface area contributed by atoms with Gasteiger partial charge in [0.1, 0.15) is 6.10 Å². The maximum Gasteiger partial charge on any atom is 0.439 e. The van der Waals surface area contributed by atoms with Crippen LogP contribution < -0.4 is 16.0 Å². The molecule has 1 fully saturated rings. The van der Waals surface area contributed by atoms with Crippen LogP contribution in [0, 0.1) is 5.92 Å². The lowest BCUT2D eigenvalue weighted by Crippen LogP contribution is -2.52. The first kappa shape index (κ1) is 26.9. The fourth-order valence-corrected chi connectivity index (χ4v) is 3.77. The zero-order valence-electron chi connectivity index (χ0n) is 19.3. The third-order valence-electron chi connectivity index (χ3n) is 5.74. The van der Waals surface area contributed by atoms with Crippen molar-refractivity contribution in [2.24, 2.45) is 5.92 Å². The van der Waals surface area contributed by atoms with Crippen molar-refractivity contribution in [3.63, 3.8) is 0 Å². The molecule has 2 aromatic carbocycles. The average molecular weight is 544 g/mol. The second kappa shape index (κ2) is 9.96. The van der Waals surface area contributed by atoms with E-state index in [1.807, 2.05) is 0 Å². The summed E-state index contributed by atoms with van der Waals surface area (Å²) >= 11 is 0. The summed E-state index contributed by atoms with van der Waals surface area (Å²) in [4.78, 5) is 40.0. The zero-order valence-corrected chi connectivity index (χ0v) is 19.3. The standard InChI is InChI=1S/C23H18F6N4O5/c1-11(19(34)30-15-4-2-12(3-5-15)18-31-21(36)38-32-18)17-20(35)33(6-7-37-17)16-9-13(22(24,25)26)8-14(10-16)23(27,28)29/h2-5,8-11,17H,6-7H2,1H3,(H,30,34)(H,31,32,36). The Hall–Kier alpha value is -4.14. The molecule has 2 unspecified atom stereocenters. The summed E-state index contributed by atoms with van der Waals surface area (Å²) in [6.45, 7) is 0.799. The van der Waals surface area contributed by atoms with E-state index in [0.717, 1.165) is 4.90 Å². The number of rotatable bonds is 5. The maximum absolute atomic E-state index is 13.3. The summed E-state index contributed by atoms with van der Waals surface area (Å²) in [5.41, 5.74) is -2.98. The number of nitrogens with one attached hydrogen (secondary N) is 2. The number of aromatic amines is 1. The van der Waals surface area contributed by atoms with Gasteiger partial charge in [-0.15, -0.1) is 0 Å². The molecule has 0 spiro atoms. The minimum atomic E-state index is -5.09. The Morgan fingerprint density at radius 2 is 1.66 bits per heavy atom. The zero-order chi connectivity index (χ0) is 27.8. The molecular formula is C23H18F6N4O5. The van der Waals surface area contributed by atoms with E-state index in [1.54, 1.807) is 0 Å². The molecule has 0 radical (unpaired) electrons. The van der Waals surface area contributed by atoms with E-state index in [1.165, 1.54) is 31.2 Å². The van der Waals surface area contributed by atoms with Gasteiger partial charge < -0.3 is 15.0 Å². The third kappa shape index (κ3) is 5.72. The number of amides is 2. The number of anilines is 2.